The van der Waals surface area contributed by atoms with Crippen molar-refractivity contribution < 1.29 is 37.0 Å². The fraction of sp³-hybridized carbons (Fsp3) is 0.600. The number of hydrogen-bond donors (Lipinski definition) is 0. The summed E-state index contributed by atoms with van der Waals surface area (Å²) in [5, 5.41) is 0. The van der Waals surface area contributed by atoms with Crippen LogP contribution < -0.4 is 4.74 Å². The van der Waals surface area contributed by atoms with E-state index in [1.165, 1.54) is 19.2 Å². The first-order valence-electron chi connectivity index (χ1n) is 9.76. The number of carbonyl (C=O) groups excluding carboxylic acids is 2. The largest absolute Gasteiger partial charge is 0.484 e. The van der Waals surface area contributed by atoms with E-state index in [1.807, 2.05) is 0 Å². The van der Waals surface area contributed by atoms with Gasteiger partial charge in [-0.3, -0.25) is 4.79 Å². The van der Waals surface area contributed by atoms with Crippen molar-refractivity contribution in [3.63, 3.8) is 0 Å². The highest BCUT2D eigenvalue weighted by molar-refractivity contribution is 5.77. The van der Waals surface area contributed by atoms with E-state index >= 15 is 0 Å². The van der Waals surface area contributed by atoms with Crippen LogP contribution in [-0.2, 0) is 14.3 Å². The summed E-state index contributed by atoms with van der Waals surface area (Å²) in [4.78, 5) is 28.5. The van der Waals surface area contributed by atoms with E-state index in [2.05, 4.69) is 0 Å². The summed E-state index contributed by atoms with van der Waals surface area (Å²) in [6, 6.07) is 6.18. The number of benzene rings is 1. The second-order valence-corrected chi connectivity index (χ2v) is 7.42. The van der Waals surface area contributed by atoms with Gasteiger partial charge in [-0.05, 0) is 24.1 Å². The molecule has 0 aliphatic carbocycles. The molecule has 0 bridgehead atoms. The zero-order valence-electron chi connectivity index (χ0n) is 16.7. The molecular weight excluding hydrogens is 405 g/mol. The number of ether oxygens (including phenoxy) is 3. The predicted octanol–water partition coefficient (Wildman–Crippen LogP) is 2.66. The lowest BCUT2D eigenvalue weighted by atomic mass is 9.84. The maximum Gasteiger partial charge on any atom is 0.422 e. The monoisotopic (exact) mass is 430 g/mol. The molecule has 2 fully saturated rings. The minimum absolute atomic E-state index is 0.0936. The number of hydrogen-bond acceptors (Lipinski definition) is 5. The number of amides is 2. The van der Waals surface area contributed by atoms with Gasteiger partial charge < -0.3 is 24.0 Å². The van der Waals surface area contributed by atoms with Crippen LogP contribution in [0, 0.1) is 5.92 Å². The number of nitrogens with zero attached hydrogens (tertiary/aromatic N) is 2. The molecule has 1 aromatic rings. The Balaban J connectivity index is 1.77. The number of morpholine rings is 1. The number of piperidine rings is 1. The number of carbonyl (C=O) groups is 2. The van der Waals surface area contributed by atoms with Crippen LogP contribution >= 0.6 is 0 Å². The molecule has 2 atom stereocenters. The van der Waals surface area contributed by atoms with Crippen molar-refractivity contribution in [2.75, 3.05) is 53.1 Å². The van der Waals surface area contributed by atoms with Crippen molar-refractivity contribution in [3.05, 3.63) is 29.8 Å². The van der Waals surface area contributed by atoms with Crippen LogP contribution in [0.1, 0.15) is 17.9 Å². The van der Waals surface area contributed by atoms with Gasteiger partial charge in [0, 0.05) is 32.1 Å². The van der Waals surface area contributed by atoms with E-state index in [4.69, 9.17) is 14.2 Å². The van der Waals surface area contributed by atoms with Gasteiger partial charge in [0.2, 0.25) is 0 Å². The van der Waals surface area contributed by atoms with Crippen molar-refractivity contribution in [2.45, 2.75) is 18.5 Å². The number of urea groups is 1. The van der Waals surface area contributed by atoms with Gasteiger partial charge in [0.1, 0.15) is 5.75 Å². The maximum atomic E-state index is 13.0. The van der Waals surface area contributed by atoms with Gasteiger partial charge >= 0.3 is 18.2 Å². The number of methoxy groups -OCH3 is 1. The topological polar surface area (TPSA) is 68.3 Å². The predicted molar refractivity (Wildman–Crippen MR) is 100 cm³/mol. The molecule has 10 heteroatoms. The zero-order chi connectivity index (χ0) is 21.7. The Morgan fingerprint density at radius 3 is 2.57 bits per heavy atom. The summed E-state index contributed by atoms with van der Waals surface area (Å²) in [6.07, 6.45) is -4.00. The van der Waals surface area contributed by atoms with Crippen LogP contribution in [0.2, 0.25) is 0 Å². The minimum Gasteiger partial charge on any atom is -0.484 e. The number of halogens is 3. The molecular formula is C20H25F3N2O5. The Morgan fingerprint density at radius 1 is 1.17 bits per heavy atom. The fourth-order valence-corrected chi connectivity index (χ4v) is 3.81. The van der Waals surface area contributed by atoms with Crippen LogP contribution in [0.4, 0.5) is 18.0 Å². The molecule has 1 aromatic carbocycles. The highest BCUT2D eigenvalue weighted by Crippen LogP contribution is 2.33. The number of rotatable bonds is 4. The second-order valence-electron chi connectivity index (χ2n) is 7.42. The smallest absolute Gasteiger partial charge is 0.422 e. The lowest BCUT2D eigenvalue weighted by Gasteiger charge is -2.40. The van der Waals surface area contributed by atoms with E-state index in [9.17, 15) is 22.8 Å². The summed E-state index contributed by atoms with van der Waals surface area (Å²) in [5.41, 5.74) is 0.711. The van der Waals surface area contributed by atoms with Gasteiger partial charge in [-0.25, -0.2) is 4.79 Å². The molecule has 0 saturated carbocycles. The fourth-order valence-electron chi connectivity index (χ4n) is 3.81. The molecule has 2 aliphatic rings. The number of esters is 1. The lowest BCUT2D eigenvalue weighted by Crippen LogP contribution is -2.53. The van der Waals surface area contributed by atoms with E-state index in [-0.39, 0.29) is 24.2 Å². The minimum atomic E-state index is -4.43. The van der Waals surface area contributed by atoms with Crippen LogP contribution in [0.5, 0.6) is 5.75 Å². The molecule has 0 aromatic heterocycles. The normalized spacial score (nSPS) is 22.5. The number of likely N-dealkylation sites (tertiary alicyclic amines) is 1. The summed E-state index contributed by atoms with van der Waals surface area (Å²) in [5.74, 6) is -1.07. The highest BCUT2D eigenvalue weighted by Gasteiger charge is 2.37. The van der Waals surface area contributed by atoms with Crippen molar-refractivity contribution in [1.82, 2.24) is 9.80 Å². The molecule has 2 heterocycles. The van der Waals surface area contributed by atoms with Gasteiger partial charge in [-0.15, -0.1) is 0 Å². The van der Waals surface area contributed by atoms with Crippen LogP contribution in [0.25, 0.3) is 0 Å². The molecule has 2 saturated heterocycles. The molecule has 2 unspecified atom stereocenters. The summed E-state index contributed by atoms with van der Waals surface area (Å²) in [6.45, 7) is 1.08. The first-order chi connectivity index (χ1) is 14.3. The Bertz CT molecular complexity index is 752. The van der Waals surface area contributed by atoms with Crippen molar-refractivity contribution >= 4 is 12.0 Å². The molecule has 7 nitrogen and oxygen atoms in total. The average molecular weight is 430 g/mol. The first kappa shape index (κ1) is 22.2. The summed E-state index contributed by atoms with van der Waals surface area (Å²) >= 11 is 0. The summed E-state index contributed by atoms with van der Waals surface area (Å²) in [7, 11) is 1.30. The third-order valence-corrected chi connectivity index (χ3v) is 5.27. The molecule has 0 radical (unpaired) electrons. The highest BCUT2D eigenvalue weighted by atomic mass is 19.4. The second kappa shape index (κ2) is 9.55. The Kier molecular flexibility index (Phi) is 7.06. The first-order valence-corrected chi connectivity index (χ1v) is 9.76. The van der Waals surface area contributed by atoms with E-state index < -0.39 is 24.7 Å². The Morgan fingerprint density at radius 2 is 1.90 bits per heavy atom. The third-order valence-electron chi connectivity index (χ3n) is 5.27. The average Bonchev–Trinajstić information content (AvgIpc) is 2.76. The quantitative estimate of drug-likeness (QED) is 0.687. The molecule has 2 aliphatic heterocycles. The van der Waals surface area contributed by atoms with E-state index in [0.717, 1.165) is 0 Å². The SMILES string of the molecule is COC(=O)C1CC(c2cccc(OCC(F)(F)F)c2)CN(C(=O)N2CCOCC2)C1. The molecule has 0 spiro atoms. The number of alkyl halides is 3. The van der Waals surface area contributed by atoms with Crippen LogP contribution in [0.15, 0.2) is 24.3 Å². The molecule has 166 valence electrons. The maximum absolute atomic E-state index is 13.0. The Hall–Kier alpha value is -2.49. The molecule has 30 heavy (non-hydrogen) atoms. The van der Waals surface area contributed by atoms with E-state index in [1.54, 1.807) is 21.9 Å². The standard InChI is InChI=1S/C20H25F3N2O5/c1-28-18(26)16-9-15(11-25(12-16)19(27)24-5-7-29-8-6-24)14-3-2-4-17(10-14)30-13-20(21,22)23/h2-4,10,15-16H,5-9,11-13H2,1H3. The van der Waals surface area contributed by atoms with Crippen molar-refractivity contribution in [2.24, 2.45) is 5.92 Å². The molecule has 3 rings (SSSR count). The van der Waals surface area contributed by atoms with Gasteiger partial charge in [0.15, 0.2) is 6.61 Å². The zero-order valence-corrected chi connectivity index (χ0v) is 16.7. The van der Waals surface area contributed by atoms with Crippen LogP contribution in [-0.4, -0.2) is 81.1 Å². The van der Waals surface area contributed by atoms with Crippen molar-refractivity contribution in [1.29, 1.82) is 0 Å². The van der Waals surface area contributed by atoms with Gasteiger partial charge in [0.25, 0.3) is 0 Å². The molecule has 0 N–H and O–H groups in total. The lowest BCUT2D eigenvalue weighted by molar-refractivity contribution is -0.153. The van der Waals surface area contributed by atoms with Gasteiger partial charge in [-0.1, -0.05) is 12.1 Å². The van der Waals surface area contributed by atoms with Gasteiger partial charge in [0.05, 0.1) is 26.2 Å². The van der Waals surface area contributed by atoms with Crippen LogP contribution in [0.3, 0.4) is 0 Å². The van der Waals surface area contributed by atoms with Crippen molar-refractivity contribution in [3.8, 4) is 5.75 Å². The Labute approximate surface area is 172 Å². The molecule has 2 amide bonds. The van der Waals surface area contributed by atoms with E-state index in [0.29, 0.717) is 44.8 Å². The van der Waals surface area contributed by atoms with Gasteiger partial charge in [-0.2, -0.15) is 13.2 Å². The third kappa shape index (κ3) is 5.78. The summed E-state index contributed by atoms with van der Waals surface area (Å²) < 4.78 is 52.4.